The molecule has 2 aliphatic heterocycles. The molecule has 3 heterocycles. The van der Waals surface area contributed by atoms with E-state index < -0.39 is 0 Å². The Hall–Kier alpha value is -1.86. The fourth-order valence-electron chi connectivity index (χ4n) is 2.86. The maximum absolute atomic E-state index is 11.7. The Labute approximate surface area is 111 Å². The lowest BCUT2D eigenvalue weighted by molar-refractivity contribution is 0.189. The van der Waals surface area contributed by atoms with Crippen LogP contribution in [0.5, 0.6) is 0 Å². The van der Waals surface area contributed by atoms with Crippen LogP contribution in [0.15, 0.2) is 0 Å². The van der Waals surface area contributed by atoms with E-state index in [-0.39, 0.29) is 12.1 Å². The molecule has 8 heteroatoms. The third kappa shape index (κ3) is 2.22. The Bertz CT molecular complexity index is 460. The van der Waals surface area contributed by atoms with Crippen LogP contribution in [-0.2, 0) is 6.54 Å². The molecule has 0 aromatic carbocycles. The van der Waals surface area contributed by atoms with E-state index >= 15 is 0 Å². The van der Waals surface area contributed by atoms with Crippen molar-refractivity contribution < 1.29 is 4.79 Å². The van der Waals surface area contributed by atoms with Crippen molar-refractivity contribution >= 4 is 12.0 Å². The summed E-state index contributed by atoms with van der Waals surface area (Å²) in [6, 6.07) is 0.320. The van der Waals surface area contributed by atoms with E-state index in [4.69, 9.17) is 0 Å². The van der Waals surface area contributed by atoms with Gasteiger partial charge in [-0.05, 0) is 30.2 Å². The number of nitrogens with one attached hydrogen (secondary N) is 1. The number of rotatable bonds is 3. The number of carbonyl (C=O) groups excluding carboxylic acids is 1. The van der Waals surface area contributed by atoms with E-state index in [0.29, 0.717) is 0 Å². The number of aromatic nitrogens is 4. The number of carbonyl (C=O) groups is 1. The second kappa shape index (κ2) is 5.02. The Morgan fingerprint density at radius 2 is 2.32 bits per heavy atom. The molecule has 1 aromatic heterocycles. The highest BCUT2D eigenvalue weighted by atomic mass is 16.2. The molecule has 2 fully saturated rings. The second-order valence-corrected chi connectivity index (χ2v) is 4.96. The molecule has 19 heavy (non-hydrogen) atoms. The zero-order valence-electron chi connectivity index (χ0n) is 11.1. The molecular formula is C11H19N7O. The van der Waals surface area contributed by atoms with E-state index in [1.165, 1.54) is 0 Å². The van der Waals surface area contributed by atoms with Crippen LogP contribution in [0.25, 0.3) is 0 Å². The number of tetrazole rings is 1. The van der Waals surface area contributed by atoms with Crippen LogP contribution >= 0.6 is 0 Å². The van der Waals surface area contributed by atoms with E-state index in [1.807, 2.05) is 11.8 Å². The molecule has 1 atom stereocenters. The number of aryl methyl sites for hydroxylation is 1. The molecule has 3 rings (SSSR count). The normalized spacial score (nSPS) is 23.8. The molecule has 2 saturated heterocycles. The van der Waals surface area contributed by atoms with Crippen LogP contribution in [0, 0.1) is 0 Å². The van der Waals surface area contributed by atoms with Crippen molar-refractivity contribution in [3.63, 3.8) is 0 Å². The van der Waals surface area contributed by atoms with Gasteiger partial charge in [0.25, 0.3) is 0 Å². The summed E-state index contributed by atoms with van der Waals surface area (Å²) in [6.45, 7) is 6.10. The van der Waals surface area contributed by atoms with E-state index in [0.717, 1.165) is 51.5 Å². The standard InChI is InChI=1S/C11H19N7O/c1-2-18-10(13-14-15-18)16-6-3-4-9(8-16)17-7-5-12-11(17)19/h9H,2-8H2,1H3,(H,12,19). The number of amides is 2. The molecule has 0 bridgehead atoms. The van der Waals surface area contributed by atoms with Crippen LogP contribution in [0.3, 0.4) is 0 Å². The van der Waals surface area contributed by atoms with Crippen LogP contribution in [0.1, 0.15) is 19.8 Å². The number of hydrogen-bond donors (Lipinski definition) is 1. The first-order chi connectivity index (χ1) is 9.29. The minimum atomic E-state index is 0.0573. The highest BCUT2D eigenvalue weighted by Crippen LogP contribution is 2.21. The van der Waals surface area contributed by atoms with Crippen molar-refractivity contribution in [2.24, 2.45) is 0 Å². The minimum absolute atomic E-state index is 0.0573. The summed E-state index contributed by atoms with van der Waals surface area (Å²) in [6.07, 6.45) is 2.11. The maximum Gasteiger partial charge on any atom is 0.317 e. The van der Waals surface area contributed by atoms with Gasteiger partial charge < -0.3 is 15.1 Å². The predicted molar refractivity (Wildman–Crippen MR) is 68.8 cm³/mol. The summed E-state index contributed by atoms with van der Waals surface area (Å²) in [7, 11) is 0. The molecule has 1 aromatic rings. The Kier molecular flexibility index (Phi) is 3.22. The van der Waals surface area contributed by atoms with Gasteiger partial charge >= 0.3 is 6.03 Å². The van der Waals surface area contributed by atoms with Gasteiger partial charge in [0, 0.05) is 32.7 Å². The first-order valence-corrected chi connectivity index (χ1v) is 6.85. The number of hydrogen-bond acceptors (Lipinski definition) is 5. The summed E-state index contributed by atoms with van der Waals surface area (Å²) in [5, 5.41) is 14.7. The summed E-state index contributed by atoms with van der Waals surface area (Å²) in [5.41, 5.74) is 0. The maximum atomic E-state index is 11.7. The van der Waals surface area contributed by atoms with Crippen molar-refractivity contribution in [3.05, 3.63) is 0 Å². The molecule has 0 radical (unpaired) electrons. The van der Waals surface area contributed by atoms with E-state index in [1.54, 1.807) is 4.68 Å². The molecule has 104 valence electrons. The predicted octanol–water partition coefficient (Wildman–Crippen LogP) is -0.313. The third-order valence-corrected chi connectivity index (χ3v) is 3.82. The van der Waals surface area contributed by atoms with E-state index in [9.17, 15) is 4.79 Å². The fourth-order valence-corrected chi connectivity index (χ4v) is 2.86. The summed E-state index contributed by atoms with van der Waals surface area (Å²) in [5.74, 6) is 0.812. The second-order valence-electron chi connectivity index (χ2n) is 4.96. The van der Waals surface area contributed by atoms with Gasteiger partial charge in [-0.1, -0.05) is 5.10 Å². The van der Waals surface area contributed by atoms with Gasteiger partial charge in [0.15, 0.2) is 0 Å². The van der Waals surface area contributed by atoms with Crippen molar-refractivity contribution in [2.45, 2.75) is 32.4 Å². The quantitative estimate of drug-likeness (QED) is 0.811. The smallest absolute Gasteiger partial charge is 0.317 e. The van der Waals surface area contributed by atoms with Crippen molar-refractivity contribution in [1.29, 1.82) is 0 Å². The SMILES string of the molecule is CCn1nnnc1N1CCCC(N2CCNC2=O)C1. The van der Waals surface area contributed by atoms with Crippen molar-refractivity contribution in [2.75, 3.05) is 31.1 Å². The monoisotopic (exact) mass is 265 g/mol. The third-order valence-electron chi connectivity index (χ3n) is 3.82. The van der Waals surface area contributed by atoms with Gasteiger partial charge in [0.05, 0.1) is 6.04 Å². The lowest BCUT2D eigenvalue weighted by Gasteiger charge is -2.37. The van der Waals surface area contributed by atoms with Gasteiger partial charge in [-0.2, -0.15) is 0 Å². The highest BCUT2D eigenvalue weighted by Gasteiger charge is 2.32. The molecule has 0 saturated carbocycles. The van der Waals surface area contributed by atoms with Crippen molar-refractivity contribution in [1.82, 2.24) is 30.4 Å². The van der Waals surface area contributed by atoms with Crippen LogP contribution < -0.4 is 10.2 Å². The first-order valence-electron chi connectivity index (χ1n) is 6.85. The Morgan fingerprint density at radius 1 is 1.42 bits per heavy atom. The van der Waals surface area contributed by atoms with Crippen LogP contribution in [0.4, 0.5) is 10.7 Å². The fraction of sp³-hybridized carbons (Fsp3) is 0.818. The summed E-state index contributed by atoms with van der Waals surface area (Å²) in [4.78, 5) is 15.9. The average Bonchev–Trinajstić information content (AvgIpc) is 3.07. The largest absolute Gasteiger partial charge is 0.338 e. The van der Waals surface area contributed by atoms with Crippen LogP contribution in [0.2, 0.25) is 0 Å². The zero-order chi connectivity index (χ0) is 13.2. The summed E-state index contributed by atoms with van der Waals surface area (Å²) >= 11 is 0. The number of urea groups is 1. The number of anilines is 1. The number of piperidine rings is 1. The topological polar surface area (TPSA) is 79.2 Å². The van der Waals surface area contributed by atoms with E-state index in [2.05, 4.69) is 25.7 Å². The summed E-state index contributed by atoms with van der Waals surface area (Å²) < 4.78 is 1.80. The van der Waals surface area contributed by atoms with Gasteiger partial charge in [0.2, 0.25) is 5.95 Å². The molecular weight excluding hydrogens is 246 g/mol. The molecule has 0 aliphatic carbocycles. The average molecular weight is 265 g/mol. The lowest BCUT2D eigenvalue weighted by atomic mass is 10.0. The molecule has 8 nitrogen and oxygen atoms in total. The zero-order valence-corrected chi connectivity index (χ0v) is 11.1. The Morgan fingerprint density at radius 3 is 3.05 bits per heavy atom. The minimum Gasteiger partial charge on any atom is -0.338 e. The van der Waals surface area contributed by atoms with Gasteiger partial charge in [-0.25, -0.2) is 9.48 Å². The van der Waals surface area contributed by atoms with Gasteiger partial charge in [-0.3, -0.25) is 0 Å². The molecule has 1 unspecified atom stereocenters. The molecule has 2 aliphatic rings. The van der Waals surface area contributed by atoms with Gasteiger partial charge in [0.1, 0.15) is 0 Å². The van der Waals surface area contributed by atoms with Crippen LogP contribution in [-0.4, -0.2) is 63.4 Å². The highest BCUT2D eigenvalue weighted by molar-refractivity contribution is 5.76. The van der Waals surface area contributed by atoms with Gasteiger partial charge in [-0.15, -0.1) is 0 Å². The molecule has 2 amide bonds. The number of nitrogens with zero attached hydrogens (tertiary/aromatic N) is 6. The van der Waals surface area contributed by atoms with Crippen molar-refractivity contribution in [3.8, 4) is 0 Å². The lowest BCUT2D eigenvalue weighted by Crippen LogP contribution is -2.49. The first kappa shape index (κ1) is 12.2. The molecule has 1 N–H and O–H groups in total. The molecule has 0 spiro atoms. The Balaban J connectivity index is 1.73.